The zero-order valence-corrected chi connectivity index (χ0v) is 29.0. The number of aromatic nitrogens is 4. The first-order valence-corrected chi connectivity index (χ1v) is 16.1. The SMILES string of the molecule is C[C@@H](c1ncc(-c2ccc(-c3ccc(-c4nc([C@@]5(C(C)(C)C)CCCN5C(=O)O)[nH]c4C(F)(F)F)cc3)cc2)[nH]1)N(C)C(=O)OC(C)(C)C. The van der Waals surface area contributed by atoms with E-state index in [9.17, 15) is 27.9 Å². The highest BCUT2D eigenvalue weighted by Gasteiger charge is 2.56. The second-order valence-corrected chi connectivity index (χ2v) is 14.6. The van der Waals surface area contributed by atoms with Gasteiger partial charge in [0.05, 0.1) is 17.9 Å². The molecule has 1 saturated heterocycles. The van der Waals surface area contributed by atoms with Crippen molar-refractivity contribution in [3.05, 3.63) is 72.1 Å². The van der Waals surface area contributed by atoms with Crippen molar-refractivity contribution in [2.24, 2.45) is 5.41 Å². The minimum absolute atomic E-state index is 0.00488. The molecule has 3 N–H and O–H groups in total. The third-order valence-electron chi connectivity index (χ3n) is 9.17. The molecule has 10 nitrogen and oxygen atoms in total. The number of nitrogens with zero attached hydrogens (tertiary/aromatic N) is 4. The zero-order chi connectivity index (χ0) is 36.1. The van der Waals surface area contributed by atoms with Crippen LogP contribution in [0.2, 0.25) is 0 Å². The number of alkyl halides is 3. The molecule has 3 heterocycles. The number of halogens is 3. The lowest BCUT2D eigenvalue weighted by Crippen LogP contribution is -2.53. The van der Waals surface area contributed by atoms with E-state index in [1.54, 1.807) is 58.3 Å². The maximum absolute atomic E-state index is 14.4. The Morgan fingerprint density at radius 2 is 1.49 bits per heavy atom. The largest absolute Gasteiger partial charge is 0.465 e. The lowest BCUT2D eigenvalue weighted by molar-refractivity contribution is -0.140. The molecule has 2 aromatic carbocycles. The molecule has 0 bridgehead atoms. The molecule has 1 aliphatic heterocycles. The number of ether oxygens (including phenoxy) is 1. The molecule has 5 rings (SSSR count). The summed E-state index contributed by atoms with van der Waals surface area (Å²) in [7, 11) is 1.65. The van der Waals surface area contributed by atoms with Crippen LogP contribution in [-0.2, 0) is 16.5 Å². The number of likely N-dealkylation sites (tertiary alicyclic amines) is 1. The summed E-state index contributed by atoms with van der Waals surface area (Å²) in [6.45, 7) is 12.9. The second-order valence-electron chi connectivity index (χ2n) is 14.6. The maximum atomic E-state index is 14.4. The topological polar surface area (TPSA) is 127 Å². The first-order valence-electron chi connectivity index (χ1n) is 16.1. The van der Waals surface area contributed by atoms with E-state index in [1.807, 2.05) is 52.0 Å². The predicted octanol–water partition coefficient (Wildman–Crippen LogP) is 9.10. The Balaban J connectivity index is 1.39. The molecule has 2 aromatic heterocycles. The maximum Gasteiger partial charge on any atom is 0.433 e. The number of hydrogen-bond acceptors (Lipinski definition) is 5. The van der Waals surface area contributed by atoms with E-state index >= 15 is 0 Å². The van der Waals surface area contributed by atoms with Crippen LogP contribution in [0.5, 0.6) is 0 Å². The summed E-state index contributed by atoms with van der Waals surface area (Å²) >= 11 is 0. The monoisotopic (exact) mass is 680 g/mol. The first-order chi connectivity index (χ1) is 22.7. The van der Waals surface area contributed by atoms with E-state index in [4.69, 9.17) is 4.74 Å². The second kappa shape index (κ2) is 12.6. The molecule has 2 atom stereocenters. The number of carbonyl (C=O) groups is 2. The number of aromatic amines is 2. The molecule has 2 amide bonds. The van der Waals surface area contributed by atoms with Gasteiger partial charge in [-0.25, -0.2) is 19.6 Å². The Morgan fingerprint density at radius 3 is 2.00 bits per heavy atom. The highest BCUT2D eigenvalue weighted by atomic mass is 19.4. The van der Waals surface area contributed by atoms with Gasteiger partial charge in [0.25, 0.3) is 0 Å². The van der Waals surface area contributed by atoms with Gasteiger partial charge in [-0.2, -0.15) is 13.2 Å². The molecule has 4 aromatic rings. The quantitative estimate of drug-likeness (QED) is 0.186. The number of carboxylic acid groups (broad SMARTS) is 1. The van der Waals surface area contributed by atoms with Gasteiger partial charge in [-0.05, 0) is 62.6 Å². The first kappa shape index (κ1) is 35.5. The average Bonchev–Trinajstić information content (AvgIpc) is 3.78. The molecular weight excluding hydrogens is 637 g/mol. The molecule has 49 heavy (non-hydrogen) atoms. The molecular formula is C36H43F3N6O4. The molecule has 13 heteroatoms. The summed E-state index contributed by atoms with van der Waals surface area (Å²) in [6, 6.07) is 13.9. The molecule has 1 fully saturated rings. The fraction of sp³-hybridized carbons (Fsp3) is 0.444. The lowest BCUT2D eigenvalue weighted by Gasteiger charge is -2.45. The average molecular weight is 681 g/mol. The molecule has 0 radical (unpaired) electrons. The van der Waals surface area contributed by atoms with Crippen molar-refractivity contribution in [2.45, 2.75) is 84.7 Å². The van der Waals surface area contributed by atoms with Crippen LogP contribution in [-0.4, -0.2) is 66.2 Å². The van der Waals surface area contributed by atoms with Gasteiger partial charge >= 0.3 is 18.4 Å². The van der Waals surface area contributed by atoms with Crippen molar-refractivity contribution in [3.8, 4) is 33.6 Å². The van der Waals surface area contributed by atoms with Crippen LogP contribution in [0.25, 0.3) is 33.6 Å². The fourth-order valence-corrected chi connectivity index (χ4v) is 6.48. The van der Waals surface area contributed by atoms with Gasteiger partial charge in [0.2, 0.25) is 0 Å². The number of imidazole rings is 2. The van der Waals surface area contributed by atoms with Gasteiger partial charge < -0.3 is 24.7 Å². The normalized spacial score (nSPS) is 17.7. The summed E-state index contributed by atoms with van der Waals surface area (Å²) in [5.74, 6) is 0.592. The zero-order valence-electron chi connectivity index (χ0n) is 29.0. The molecule has 0 unspecified atom stereocenters. The molecule has 262 valence electrons. The van der Waals surface area contributed by atoms with Crippen LogP contribution in [0.3, 0.4) is 0 Å². The number of H-pyrrole nitrogens is 2. The number of hydrogen-bond donors (Lipinski definition) is 3. The van der Waals surface area contributed by atoms with E-state index in [0.717, 1.165) is 22.4 Å². The van der Waals surface area contributed by atoms with Gasteiger partial charge in [-0.3, -0.25) is 4.90 Å². The Labute approximate surface area is 283 Å². The summed E-state index contributed by atoms with van der Waals surface area (Å²) < 4.78 is 48.6. The standard InChI is InChI=1S/C36H43F3N6O4/c1-21(44(8)32(48)49-34(5,6)7)29-40-20-26(41-29)24-14-10-22(11-15-24)23-12-16-25(17-13-23)27-28(36(37,38)39)43-30(42-27)35(33(2,3)4)18-9-19-45(35)31(46)47/h10-17,20-21H,9,18-19H2,1-8H3,(H,40,41)(H,42,43)(H,46,47)/t21-,35+/m0/s1. The smallest absolute Gasteiger partial charge is 0.433 e. The molecule has 1 aliphatic rings. The molecule has 0 saturated carbocycles. The van der Waals surface area contributed by atoms with Crippen molar-refractivity contribution in [3.63, 3.8) is 0 Å². The van der Waals surface area contributed by atoms with Crippen LogP contribution in [0.1, 0.15) is 84.7 Å². The van der Waals surface area contributed by atoms with Crippen molar-refractivity contribution in [2.75, 3.05) is 13.6 Å². The van der Waals surface area contributed by atoms with Crippen LogP contribution >= 0.6 is 0 Å². The van der Waals surface area contributed by atoms with Crippen molar-refractivity contribution in [1.82, 2.24) is 29.7 Å². The molecule has 0 spiro atoms. The lowest BCUT2D eigenvalue weighted by atomic mass is 9.71. The summed E-state index contributed by atoms with van der Waals surface area (Å²) in [6.07, 6.45) is -3.83. The van der Waals surface area contributed by atoms with Gasteiger partial charge in [-0.1, -0.05) is 69.3 Å². The number of nitrogens with one attached hydrogen (secondary N) is 2. The Morgan fingerprint density at radius 1 is 0.939 bits per heavy atom. The van der Waals surface area contributed by atoms with Gasteiger partial charge in [-0.15, -0.1) is 0 Å². The fourth-order valence-electron chi connectivity index (χ4n) is 6.48. The van der Waals surface area contributed by atoms with Crippen LogP contribution < -0.4 is 0 Å². The Bertz CT molecular complexity index is 1820. The van der Waals surface area contributed by atoms with E-state index < -0.39 is 40.6 Å². The van der Waals surface area contributed by atoms with Crippen LogP contribution in [0.15, 0.2) is 54.7 Å². The van der Waals surface area contributed by atoms with Crippen molar-refractivity contribution in [1.29, 1.82) is 0 Å². The van der Waals surface area contributed by atoms with Gasteiger partial charge in [0.1, 0.15) is 34.2 Å². The Hall–Kier alpha value is -4.81. The highest BCUT2D eigenvalue weighted by molar-refractivity contribution is 5.73. The minimum atomic E-state index is -4.74. The third kappa shape index (κ3) is 6.88. The van der Waals surface area contributed by atoms with Gasteiger partial charge in [0.15, 0.2) is 0 Å². The van der Waals surface area contributed by atoms with Crippen molar-refractivity contribution < 1.29 is 32.6 Å². The number of rotatable bonds is 6. The van der Waals surface area contributed by atoms with E-state index in [1.165, 1.54) is 9.80 Å². The van der Waals surface area contributed by atoms with E-state index in [0.29, 0.717) is 18.7 Å². The number of benzene rings is 2. The summed E-state index contributed by atoms with van der Waals surface area (Å²) in [4.78, 5) is 42.2. The third-order valence-corrected chi connectivity index (χ3v) is 9.17. The van der Waals surface area contributed by atoms with E-state index in [2.05, 4.69) is 19.9 Å². The number of carbonyl (C=O) groups excluding carboxylic acids is 1. The van der Waals surface area contributed by atoms with Crippen LogP contribution in [0, 0.1) is 5.41 Å². The summed E-state index contributed by atoms with van der Waals surface area (Å²) in [5, 5.41) is 9.98. The van der Waals surface area contributed by atoms with E-state index in [-0.39, 0.29) is 29.7 Å². The van der Waals surface area contributed by atoms with Crippen molar-refractivity contribution >= 4 is 12.2 Å². The molecule has 0 aliphatic carbocycles. The Kier molecular flexibility index (Phi) is 9.11. The minimum Gasteiger partial charge on any atom is -0.465 e. The van der Waals surface area contributed by atoms with Crippen LogP contribution in [0.4, 0.5) is 22.8 Å². The number of amides is 2. The summed E-state index contributed by atoms with van der Waals surface area (Å²) in [5.41, 5.74) is -0.368. The van der Waals surface area contributed by atoms with Gasteiger partial charge in [0, 0.05) is 19.2 Å². The predicted molar refractivity (Wildman–Crippen MR) is 180 cm³/mol. The highest BCUT2D eigenvalue weighted by Crippen LogP contribution is 2.51.